The van der Waals surface area contributed by atoms with E-state index in [1.807, 2.05) is 35.2 Å². The van der Waals surface area contributed by atoms with Crippen LogP contribution in [0, 0.1) is 0 Å². The third-order valence-corrected chi connectivity index (χ3v) is 3.13. The number of nitrogens with one attached hydrogen (secondary N) is 1. The molecule has 0 spiro atoms. The molecule has 1 N–H and O–H groups in total. The van der Waals surface area contributed by atoms with Gasteiger partial charge in [0, 0.05) is 37.5 Å². The van der Waals surface area contributed by atoms with Gasteiger partial charge in [0.15, 0.2) is 0 Å². The van der Waals surface area contributed by atoms with E-state index in [1.165, 1.54) is 0 Å². The summed E-state index contributed by atoms with van der Waals surface area (Å²) in [5.41, 5.74) is 1.93. The van der Waals surface area contributed by atoms with Gasteiger partial charge in [0.1, 0.15) is 12.1 Å². The van der Waals surface area contributed by atoms with Crippen LogP contribution in [0.15, 0.2) is 55.5 Å². The fourth-order valence-electron chi connectivity index (χ4n) is 1.78. The Morgan fingerprint density at radius 3 is 2.75 bits per heavy atom. The number of nitrogens with zero attached hydrogens (tertiary/aromatic N) is 4. The summed E-state index contributed by atoms with van der Waals surface area (Å²) < 4.78 is 1.86. The quantitative estimate of drug-likeness (QED) is 0.801. The number of rotatable bonds is 4. The zero-order valence-electron chi connectivity index (χ0n) is 10.6. The number of hydrogen-bond acceptors (Lipinski definition) is 4. The molecule has 20 heavy (non-hydrogen) atoms. The summed E-state index contributed by atoms with van der Waals surface area (Å²) in [4.78, 5) is 12.3. The van der Waals surface area contributed by atoms with Crippen LogP contribution in [0.2, 0.25) is 5.02 Å². The van der Waals surface area contributed by atoms with Crippen molar-refractivity contribution in [1.29, 1.82) is 0 Å². The molecule has 0 bridgehead atoms. The molecule has 0 radical (unpaired) electrons. The lowest BCUT2D eigenvalue weighted by Gasteiger charge is -2.08. The minimum Gasteiger partial charge on any atom is -0.380 e. The first-order chi connectivity index (χ1) is 9.83. The molecule has 0 aliphatic carbocycles. The van der Waals surface area contributed by atoms with Gasteiger partial charge < -0.3 is 5.32 Å². The number of hydrogen-bond donors (Lipinski definition) is 1. The Balaban J connectivity index is 1.68. The van der Waals surface area contributed by atoms with Gasteiger partial charge in [0.25, 0.3) is 0 Å². The third-order valence-electron chi connectivity index (χ3n) is 2.83. The van der Waals surface area contributed by atoms with E-state index in [0.717, 1.165) is 17.1 Å². The molecule has 0 unspecified atom stereocenters. The molecule has 5 nitrogen and oxygen atoms in total. The molecule has 3 heterocycles. The van der Waals surface area contributed by atoms with Crippen LogP contribution >= 0.6 is 11.6 Å². The van der Waals surface area contributed by atoms with E-state index in [2.05, 4.69) is 20.3 Å². The molecule has 0 aliphatic rings. The molecular weight excluding hydrogens is 274 g/mol. The van der Waals surface area contributed by atoms with Crippen molar-refractivity contribution in [1.82, 2.24) is 19.5 Å². The maximum Gasteiger partial charge on any atom is 0.137 e. The Hall–Kier alpha value is -2.40. The molecule has 0 saturated carbocycles. The van der Waals surface area contributed by atoms with Crippen LogP contribution < -0.4 is 5.32 Å². The summed E-state index contributed by atoms with van der Waals surface area (Å²) in [7, 11) is 0. The molecular formula is C14H12ClN5. The number of pyridine rings is 2. The van der Waals surface area contributed by atoms with Crippen molar-refractivity contribution >= 4 is 17.3 Å². The first-order valence-corrected chi connectivity index (χ1v) is 6.47. The molecule has 0 amide bonds. The number of imidazole rings is 1. The van der Waals surface area contributed by atoms with Crippen molar-refractivity contribution in [3.8, 4) is 5.82 Å². The average molecular weight is 286 g/mol. The van der Waals surface area contributed by atoms with Gasteiger partial charge in [0.2, 0.25) is 0 Å². The maximum absolute atomic E-state index is 6.03. The normalized spacial score (nSPS) is 10.4. The van der Waals surface area contributed by atoms with Crippen LogP contribution in [-0.4, -0.2) is 19.5 Å². The smallest absolute Gasteiger partial charge is 0.137 e. The van der Waals surface area contributed by atoms with E-state index >= 15 is 0 Å². The van der Waals surface area contributed by atoms with E-state index < -0.39 is 0 Å². The first-order valence-electron chi connectivity index (χ1n) is 6.09. The molecule has 100 valence electrons. The van der Waals surface area contributed by atoms with Crippen LogP contribution in [0.4, 0.5) is 5.69 Å². The summed E-state index contributed by atoms with van der Waals surface area (Å²) in [5.74, 6) is 0.841. The summed E-state index contributed by atoms with van der Waals surface area (Å²) in [5, 5.41) is 3.86. The molecule has 6 heteroatoms. The zero-order valence-corrected chi connectivity index (χ0v) is 11.3. The highest BCUT2D eigenvalue weighted by atomic mass is 35.5. The van der Waals surface area contributed by atoms with Crippen molar-refractivity contribution in [2.75, 3.05) is 5.32 Å². The molecule has 0 atom stereocenters. The second kappa shape index (κ2) is 5.71. The molecule has 0 aromatic carbocycles. The van der Waals surface area contributed by atoms with E-state index in [0.29, 0.717) is 11.6 Å². The van der Waals surface area contributed by atoms with Gasteiger partial charge in [-0.25, -0.2) is 9.97 Å². The number of anilines is 1. The molecule has 0 aliphatic heterocycles. The summed E-state index contributed by atoms with van der Waals surface area (Å²) in [6.45, 7) is 0.654. The lowest BCUT2D eigenvalue weighted by atomic mass is 10.2. The van der Waals surface area contributed by atoms with E-state index in [-0.39, 0.29) is 0 Å². The molecule has 3 aromatic rings. The van der Waals surface area contributed by atoms with E-state index in [4.69, 9.17) is 11.6 Å². The van der Waals surface area contributed by atoms with Crippen molar-refractivity contribution in [3.63, 3.8) is 0 Å². The predicted octanol–water partition coefficient (Wildman–Crippen LogP) is 2.93. The molecule has 0 fully saturated rings. The maximum atomic E-state index is 6.03. The Morgan fingerprint density at radius 1 is 1.10 bits per heavy atom. The Bertz CT molecular complexity index is 679. The highest BCUT2D eigenvalue weighted by molar-refractivity contribution is 6.33. The fourth-order valence-corrected chi connectivity index (χ4v) is 1.97. The fraction of sp³-hybridized carbons (Fsp3) is 0.0714. The van der Waals surface area contributed by atoms with Gasteiger partial charge in [-0.15, -0.1) is 0 Å². The number of aromatic nitrogens is 4. The van der Waals surface area contributed by atoms with Crippen molar-refractivity contribution in [2.24, 2.45) is 0 Å². The summed E-state index contributed by atoms with van der Waals surface area (Å²) >= 11 is 6.03. The van der Waals surface area contributed by atoms with Crippen LogP contribution in [0.5, 0.6) is 0 Å². The van der Waals surface area contributed by atoms with Gasteiger partial charge in [-0.3, -0.25) is 9.55 Å². The van der Waals surface area contributed by atoms with Crippen molar-refractivity contribution in [3.05, 3.63) is 66.1 Å². The Kier molecular flexibility index (Phi) is 3.60. The van der Waals surface area contributed by atoms with Gasteiger partial charge in [-0.05, 0) is 17.7 Å². The molecule has 3 aromatic heterocycles. The van der Waals surface area contributed by atoms with Crippen LogP contribution in [0.25, 0.3) is 5.82 Å². The molecule has 0 saturated heterocycles. The average Bonchev–Trinajstić information content (AvgIpc) is 3.01. The standard InChI is InChI=1S/C14H12ClN5/c15-12-9-16-4-3-13(12)18-7-11-1-2-14(19-8-11)20-6-5-17-10-20/h1-6,8-10H,7H2,(H,16,18). The Labute approximate surface area is 121 Å². The number of halogens is 1. The Morgan fingerprint density at radius 2 is 2.05 bits per heavy atom. The van der Waals surface area contributed by atoms with Gasteiger partial charge in [0.05, 0.1) is 10.7 Å². The van der Waals surface area contributed by atoms with E-state index in [1.54, 1.807) is 24.9 Å². The highest BCUT2D eigenvalue weighted by Gasteiger charge is 2.01. The SMILES string of the molecule is Clc1cnccc1NCc1ccc(-n2ccnc2)nc1. The summed E-state index contributed by atoms with van der Waals surface area (Å²) in [6.07, 6.45) is 10.5. The lowest BCUT2D eigenvalue weighted by Crippen LogP contribution is -2.02. The monoisotopic (exact) mass is 285 g/mol. The minimum atomic E-state index is 0.607. The van der Waals surface area contributed by atoms with Gasteiger partial charge in [-0.2, -0.15) is 0 Å². The van der Waals surface area contributed by atoms with Gasteiger partial charge in [-0.1, -0.05) is 17.7 Å². The topological polar surface area (TPSA) is 55.6 Å². The minimum absolute atomic E-state index is 0.607. The lowest BCUT2D eigenvalue weighted by molar-refractivity contribution is 0.978. The van der Waals surface area contributed by atoms with Crippen LogP contribution in [-0.2, 0) is 6.54 Å². The predicted molar refractivity (Wildman–Crippen MR) is 77.9 cm³/mol. The van der Waals surface area contributed by atoms with Crippen molar-refractivity contribution in [2.45, 2.75) is 6.54 Å². The largest absolute Gasteiger partial charge is 0.380 e. The first kappa shape index (κ1) is 12.6. The second-order valence-corrected chi connectivity index (χ2v) is 4.61. The zero-order chi connectivity index (χ0) is 13.8. The molecule has 3 rings (SSSR count). The highest BCUT2D eigenvalue weighted by Crippen LogP contribution is 2.19. The second-order valence-electron chi connectivity index (χ2n) is 4.20. The van der Waals surface area contributed by atoms with E-state index in [9.17, 15) is 0 Å². The van der Waals surface area contributed by atoms with Gasteiger partial charge >= 0.3 is 0 Å². The van der Waals surface area contributed by atoms with Crippen molar-refractivity contribution < 1.29 is 0 Å². The summed E-state index contributed by atoms with van der Waals surface area (Å²) in [6, 6.07) is 5.81. The third kappa shape index (κ3) is 2.78. The van der Waals surface area contributed by atoms with Crippen LogP contribution in [0.1, 0.15) is 5.56 Å². The van der Waals surface area contributed by atoms with Crippen LogP contribution in [0.3, 0.4) is 0 Å².